The Hall–Kier alpha value is -1.39. The van der Waals surface area contributed by atoms with Gasteiger partial charge in [0.2, 0.25) is 0 Å². The Labute approximate surface area is 118 Å². The molecule has 1 aromatic carbocycles. The van der Waals surface area contributed by atoms with Gasteiger partial charge in [0.05, 0.1) is 17.9 Å². The smallest absolute Gasteiger partial charge is 0.123 e. The average Bonchev–Trinajstić information content (AvgIpc) is 2.90. The van der Waals surface area contributed by atoms with Crippen LogP contribution in [-0.2, 0) is 0 Å². The third kappa shape index (κ3) is 3.14. The van der Waals surface area contributed by atoms with Crippen LogP contribution in [0.4, 0.5) is 4.39 Å². The largest absolute Gasteiger partial charge is 0.341 e. The predicted octanol–water partition coefficient (Wildman–Crippen LogP) is 3.45. The van der Waals surface area contributed by atoms with Crippen LogP contribution in [0.1, 0.15) is 31.1 Å². The number of nitrogens with one attached hydrogen (secondary N) is 2. The van der Waals surface area contributed by atoms with Crippen molar-refractivity contribution < 1.29 is 4.39 Å². The molecule has 0 radical (unpaired) electrons. The van der Waals surface area contributed by atoms with Gasteiger partial charge in [0.1, 0.15) is 11.6 Å². The van der Waals surface area contributed by atoms with Crippen LogP contribution >= 0.6 is 12.4 Å². The molecule has 1 saturated heterocycles. The van der Waals surface area contributed by atoms with Crippen molar-refractivity contribution >= 4 is 12.4 Å². The first-order valence-electron chi connectivity index (χ1n) is 6.37. The Morgan fingerprint density at radius 3 is 2.63 bits per heavy atom. The number of halogens is 2. The minimum Gasteiger partial charge on any atom is -0.341 e. The second-order valence-electron chi connectivity index (χ2n) is 4.69. The molecule has 5 heteroatoms. The van der Waals surface area contributed by atoms with Gasteiger partial charge in [0.15, 0.2) is 0 Å². The van der Waals surface area contributed by atoms with E-state index in [0.29, 0.717) is 6.04 Å². The molecule has 2 heterocycles. The van der Waals surface area contributed by atoms with Crippen molar-refractivity contribution in [2.75, 3.05) is 6.54 Å². The van der Waals surface area contributed by atoms with Crippen molar-refractivity contribution in [3.05, 3.63) is 42.1 Å². The minimum absolute atomic E-state index is 0. The van der Waals surface area contributed by atoms with E-state index < -0.39 is 0 Å². The fourth-order valence-electron chi connectivity index (χ4n) is 2.38. The predicted molar refractivity (Wildman–Crippen MR) is 75.8 cm³/mol. The summed E-state index contributed by atoms with van der Waals surface area (Å²) >= 11 is 0. The second-order valence-corrected chi connectivity index (χ2v) is 4.69. The molecule has 0 spiro atoms. The first-order chi connectivity index (χ1) is 8.83. The summed E-state index contributed by atoms with van der Waals surface area (Å²) in [5.41, 5.74) is 1.91. The molecule has 0 bridgehead atoms. The Kier molecular flexibility index (Phi) is 4.56. The highest BCUT2D eigenvalue weighted by Crippen LogP contribution is 2.23. The molecule has 1 unspecified atom stereocenters. The summed E-state index contributed by atoms with van der Waals surface area (Å²) in [5.74, 6) is 0.765. The third-order valence-corrected chi connectivity index (χ3v) is 3.39. The number of hydrogen-bond donors (Lipinski definition) is 2. The summed E-state index contributed by atoms with van der Waals surface area (Å²) in [6.07, 6.45) is 5.42. The van der Waals surface area contributed by atoms with E-state index in [9.17, 15) is 4.39 Å². The first-order valence-corrected chi connectivity index (χ1v) is 6.37. The molecule has 0 saturated carbocycles. The van der Waals surface area contributed by atoms with Crippen molar-refractivity contribution in [3.8, 4) is 11.3 Å². The number of hydrogen-bond acceptors (Lipinski definition) is 2. The molecule has 3 rings (SSSR count). The van der Waals surface area contributed by atoms with Gasteiger partial charge in [-0.15, -0.1) is 12.4 Å². The minimum atomic E-state index is -0.215. The van der Waals surface area contributed by atoms with E-state index in [0.717, 1.165) is 30.0 Å². The van der Waals surface area contributed by atoms with Crippen molar-refractivity contribution in [3.63, 3.8) is 0 Å². The van der Waals surface area contributed by atoms with Crippen LogP contribution in [0.5, 0.6) is 0 Å². The van der Waals surface area contributed by atoms with Crippen LogP contribution in [0.3, 0.4) is 0 Å². The normalized spacial score (nSPS) is 18.9. The fourth-order valence-corrected chi connectivity index (χ4v) is 2.38. The summed E-state index contributed by atoms with van der Waals surface area (Å²) in [7, 11) is 0. The van der Waals surface area contributed by atoms with E-state index in [1.807, 2.05) is 6.20 Å². The zero-order valence-corrected chi connectivity index (χ0v) is 11.3. The van der Waals surface area contributed by atoms with Crippen LogP contribution in [-0.4, -0.2) is 16.5 Å². The maximum Gasteiger partial charge on any atom is 0.123 e. The van der Waals surface area contributed by atoms with Crippen molar-refractivity contribution in [1.29, 1.82) is 0 Å². The standard InChI is InChI=1S/C14H16FN3.ClH/c15-11-6-4-10(5-7-11)13-9-17-14(18-13)12-3-1-2-8-16-12;/h4-7,9,12,16H,1-3,8H2,(H,17,18);1H. The van der Waals surface area contributed by atoms with E-state index in [1.165, 1.54) is 25.0 Å². The molecule has 102 valence electrons. The molecule has 1 atom stereocenters. The van der Waals surface area contributed by atoms with Gasteiger partial charge < -0.3 is 10.3 Å². The molecule has 19 heavy (non-hydrogen) atoms. The molecule has 1 aromatic heterocycles. The summed E-state index contributed by atoms with van der Waals surface area (Å²) in [6.45, 7) is 1.05. The summed E-state index contributed by atoms with van der Waals surface area (Å²) in [4.78, 5) is 7.75. The number of piperidine rings is 1. The van der Waals surface area contributed by atoms with Crippen LogP contribution < -0.4 is 5.32 Å². The van der Waals surface area contributed by atoms with Crippen LogP contribution in [0.2, 0.25) is 0 Å². The molecule has 0 amide bonds. The Bertz CT molecular complexity index is 518. The molecule has 0 aliphatic carbocycles. The number of imidazole rings is 1. The highest BCUT2D eigenvalue weighted by molar-refractivity contribution is 5.85. The molecule has 1 aliphatic heterocycles. The number of rotatable bonds is 2. The fraction of sp³-hybridized carbons (Fsp3) is 0.357. The number of nitrogens with zero attached hydrogens (tertiary/aromatic N) is 1. The van der Waals surface area contributed by atoms with Crippen LogP contribution in [0, 0.1) is 5.82 Å². The van der Waals surface area contributed by atoms with E-state index in [1.54, 1.807) is 12.1 Å². The molecule has 1 fully saturated rings. The number of aromatic amines is 1. The second kappa shape index (κ2) is 6.17. The van der Waals surface area contributed by atoms with E-state index >= 15 is 0 Å². The van der Waals surface area contributed by atoms with Gasteiger partial charge in [-0.05, 0) is 49.2 Å². The lowest BCUT2D eigenvalue weighted by molar-refractivity contribution is 0.399. The summed E-state index contributed by atoms with van der Waals surface area (Å²) < 4.78 is 12.9. The lowest BCUT2D eigenvalue weighted by Gasteiger charge is -2.21. The number of benzene rings is 1. The highest BCUT2D eigenvalue weighted by atomic mass is 35.5. The van der Waals surface area contributed by atoms with E-state index in [4.69, 9.17) is 0 Å². The van der Waals surface area contributed by atoms with Gasteiger partial charge in [0, 0.05) is 0 Å². The van der Waals surface area contributed by atoms with Crippen LogP contribution in [0.15, 0.2) is 30.5 Å². The van der Waals surface area contributed by atoms with Gasteiger partial charge in [0.25, 0.3) is 0 Å². The van der Waals surface area contributed by atoms with Crippen LogP contribution in [0.25, 0.3) is 11.3 Å². The van der Waals surface area contributed by atoms with E-state index in [-0.39, 0.29) is 18.2 Å². The van der Waals surface area contributed by atoms with Gasteiger partial charge in [-0.25, -0.2) is 9.37 Å². The lowest BCUT2D eigenvalue weighted by Crippen LogP contribution is -2.27. The molecular formula is C14H17ClFN3. The number of aromatic nitrogens is 2. The number of H-pyrrole nitrogens is 1. The van der Waals surface area contributed by atoms with Crippen molar-refractivity contribution in [2.45, 2.75) is 25.3 Å². The maximum atomic E-state index is 12.9. The zero-order valence-electron chi connectivity index (χ0n) is 10.5. The van der Waals surface area contributed by atoms with E-state index in [2.05, 4.69) is 15.3 Å². The van der Waals surface area contributed by atoms with Gasteiger partial charge in [-0.2, -0.15) is 0 Å². The topological polar surface area (TPSA) is 40.7 Å². The van der Waals surface area contributed by atoms with Crippen molar-refractivity contribution in [2.24, 2.45) is 0 Å². The summed E-state index contributed by atoms with van der Waals surface area (Å²) in [6, 6.07) is 6.79. The zero-order chi connectivity index (χ0) is 12.4. The quantitative estimate of drug-likeness (QED) is 0.885. The Morgan fingerprint density at radius 1 is 1.16 bits per heavy atom. The maximum absolute atomic E-state index is 12.9. The molecule has 2 N–H and O–H groups in total. The van der Waals surface area contributed by atoms with Gasteiger partial charge in [-0.1, -0.05) is 6.42 Å². The van der Waals surface area contributed by atoms with Gasteiger partial charge >= 0.3 is 0 Å². The monoisotopic (exact) mass is 281 g/mol. The highest BCUT2D eigenvalue weighted by Gasteiger charge is 2.17. The Balaban J connectivity index is 0.00000133. The van der Waals surface area contributed by atoms with Crippen molar-refractivity contribution in [1.82, 2.24) is 15.3 Å². The molecule has 2 aromatic rings. The van der Waals surface area contributed by atoms with Gasteiger partial charge in [-0.3, -0.25) is 0 Å². The lowest BCUT2D eigenvalue weighted by atomic mass is 10.0. The molecule has 3 nitrogen and oxygen atoms in total. The average molecular weight is 282 g/mol. The SMILES string of the molecule is Cl.Fc1ccc(-c2cnc(C3CCCCN3)[nH]2)cc1. The molecule has 1 aliphatic rings. The Morgan fingerprint density at radius 2 is 1.95 bits per heavy atom. The summed E-state index contributed by atoms with van der Waals surface area (Å²) in [5, 5.41) is 3.46. The third-order valence-electron chi connectivity index (χ3n) is 3.39. The first kappa shape index (κ1) is 14.0. The molecular weight excluding hydrogens is 265 g/mol.